The monoisotopic (exact) mass is 346 g/mol. The number of aliphatic imine (C=N–C) groups is 1. The molecule has 0 radical (unpaired) electrons. The summed E-state index contributed by atoms with van der Waals surface area (Å²) in [5, 5.41) is 3.34. The highest BCUT2D eigenvalue weighted by molar-refractivity contribution is 5.95. The molecule has 138 valence electrons. The molecule has 2 rings (SSSR count). The highest BCUT2D eigenvalue weighted by Crippen LogP contribution is 2.32. The van der Waals surface area contributed by atoms with Gasteiger partial charge in [0.05, 0.1) is 17.7 Å². The third-order valence-corrected chi connectivity index (χ3v) is 4.71. The molecular formula is C19H30N4O2. The number of hydrogen-bond acceptors (Lipinski definition) is 4. The molecule has 1 aliphatic rings. The number of carbonyl (C=O) groups excluding carboxylic acids is 1. The maximum Gasteiger partial charge on any atom is 0.229 e. The largest absolute Gasteiger partial charge is 0.390 e. The molecule has 1 fully saturated rings. The van der Waals surface area contributed by atoms with Crippen LogP contribution in [-0.2, 0) is 9.53 Å². The molecular weight excluding hydrogens is 316 g/mol. The van der Waals surface area contributed by atoms with Gasteiger partial charge in [-0.2, -0.15) is 0 Å². The van der Waals surface area contributed by atoms with Crippen LogP contribution in [-0.4, -0.2) is 39.6 Å². The Bertz CT molecular complexity index is 583. The van der Waals surface area contributed by atoms with Gasteiger partial charge in [-0.25, -0.2) is 4.99 Å². The number of amides is 1. The summed E-state index contributed by atoms with van der Waals surface area (Å²) in [5.74, 6) is 0.343. The third-order valence-electron chi connectivity index (χ3n) is 4.71. The molecule has 1 amide bonds. The van der Waals surface area contributed by atoms with E-state index < -0.39 is 0 Å². The van der Waals surface area contributed by atoms with Gasteiger partial charge in [0.15, 0.2) is 0 Å². The van der Waals surface area contributed by atoms with Crippen molar-refractivity contribution in [3.63, 3.8) is 0 Å². The Morgan fingerprint density at radius 1 is 1.40 bits per heavy atom. The number of anilines is 2. The van der Waals surface area contributed by atoms with Crippen LogP contribution in [0.25, 0.3) is 0 Å². The first-order chi connectivity index (χ1) is 12.2. The van der Waals surface area contributed by atoms with Crippen molar-refractivity contribution in [1.82, 2.24) is 0 Å². The van der Waals surface area contributed by atoms with Gasteiger partial charge >= 0.3 is 0 Å². The molecule has 6 nitrogen and oxygen atoms in total. The maximum atomic E-state index is 12.7. The van der Waals surface area contributed by atoms with Gasteiger partial charge in [-0.3, -0.25) is 4.79 Å². The topological polar surface area (TPSA) is 80.0 Å². The summed E-state index contributed by atoms with van der Waals surface area (Å²) >= 11 is 0. The van der Waals surface area contributed by atoms with E-state index in [1.54, 1.807) is 12.0 Å². The Kier molecular flexibility index (Phi) is 7.73. The summed E-state index contributed by atoms with van der Waals surface area (Å²) < 4.78 is 5.06. The van der Waals surface area contributed by atoms with Gasteiger partial charge in [-0.15, -0.1) is 0 Å². The Labute approximate surface area is 150 Å². The summed E-state index contributed by atoms with van der Waals surface area (Å²) in [6.07, 6.45) is 7.72. The lowest BCUT2D eigenvalue weighted by molar-refractivity contribution is -0.123. The molecule has 0 saturated heterocycles. The highest BCUT2D eigenvalue weighted by Gasteiger charge is 2.25. The Balaban J connectivity index is 2.09. The lowest BCUT2D eigenvalue weighted by Gasteiger charge is -2.27. The smallest absolute Gasteiger partial charge is 0.229 e. The minimum absolute atomic E-state index is 0.145. The molecule has 1 aromatic rings. The number of nitrogens with two attached hydrogens (primary N) is 1. The number of ether oxygens (including phenoxy) is 1. The Morgan fingerprint density at radius 3 is 2.84 bits per heavy atom. The van der Waals surface area contributed by atoms with E-state index in [1.165, 1.54) is 12.8 Å². The van der Waals surface area contributed by atoms with Crippen LogP contribution in [0.1, 0.15) is 38.5 Å². The fraction of sp³-hybridized carbons (Fsp3) is 0.579. The van der Waals surface area contributed by atoms with Crippen LogP contribution in [0.15, 0.2) is 23.2 Å². The predicted octanol–water partition coefficient (Wildman–Crippen LogP) is 3.30. The van der Waals surface area contributed by atoms with E-state index in [0.29, 0.717) is 6.61 Å². The molecule has 1 saturated carbocycles. The highest BCUT2D eigenvalue weighted by atomic mass is 16.5. The van der Waals surface area contributed by atoms with Crippen molar-refractivity contribution in [3.8, 4) is 0 Å². The number of rotatable bonds is 8. The molecule has 0 unspecified atom stereocenters. The Hall–Kier alpha value is -2.08. The van der Waals surface area contributed by atoms with Crippen molar-refractivity contribution in [1.29, 1.82) is 0 Å². The van der Waals surface area contributed by atoms with Crippen LogP contribution < -0.4 is 16.0 Å². The first-order valence-electron chi connectivity index (χ1n) is 9.06. The summed E-state index contributed by atoms with van der Waals surface area (Å²) in [6, 6.07) is 5.81. The van der Waals surface area contributed by atoms with Gasteiger partial charge < -0.3 is 20.7 Å². The van der Waals surface area contributed by atoms with E-state index in [2.05, 4.69) is 10.3 Å². The molecule has 0 heterocycles. The van der Waals surface area contributed by atoms with E-state index in [4.69, 9.17) is 10.5 Å². The molecule has 25 heavy (non-hydrogen) atoms. The van der Waals surface area contributed by atoms with E-state index in [-0.39, 0.29) is 11.8 Å². The third kappa shape index (κ3) is 5.46. The van der Waals surface area contributed by atoms with Gasteiger partial charge in [0, 0.05) is 38.9 Å². The molecule has 3 N–H and O–H groups in total. The van der Waals surface area contributed by atoms with Crippen LogP contribution in [0.3, 0.4) is 0 Å². The van der Waals surface area contributed by atoms with Crippen molar-refractivity contribution in [2.24, 2.45) is 16.6 Å². The zero-order valence-corrected chi connectivity index (χ0v) is 15.3. The van der Waals surface area contributed by atoms with E-state index >= 15 is 0 Å². The van der Waals surface area contributed by atoms with Gasteiger partial charge in [-0.05, 0) is 37.5 Å². The number of methoxy groups -OCH3 is 1. The normalized spacial score (nSPS) is 15.4. The van der Waals surface area contributed by atoms with Crippen LogP contribution >= 0.6 is 0 Å². The molecule has 0 aromatic heterocycles. The van der Waals surface area contributed by atoms with Gasteiger partial charge in [0.25, 0.3) is 0 Å². The first-order valence-corrected chi connectivity index (χ1v) is 9.06. The van der Waals surface area contributed by atoms with E-state index in [0.717, 1.165) is 55.7 Å². The minimum Gasteiger partial charge on any atom is -0.390 e. The second-order valence-corrected chi connectivity index (χ2v) is 6.48. The van der Waals surface area contributed by atoms with E-state index in [1.807, 2.05) is 25.2 Å². The standard InChI is InChI=1S/C19H30N4O2/c1-23(19(24)15-7-4-3-5-8-15)16-9-10-17(18(13-16)22-14-20)21-11-6-12-25-2/h9-10,13-15,21H,3-8,11-12H2,1-2H3,(H2,20,22). The number of carbonyl (C=O) groups is 1. The molecule has 0 aliphatic heterocycles. The summed E-state index contributed by atoms with van der Waals surface area (Å²) in [4.78, 5) is 18.7. The number of nitrogens with one attached hydrogen (secondary N) is 1. The predicted molar refractivity (Wildman–Crippen MR) is 104 cm³/mol. The average molecular weight is 346 g/mol. The van der Waals surface area contributed by atoms with E-state index in [9.17, 15) is 4.79 Å². The summed E-state index contributed by atoms with van der Waals surface area (Å²) in [7, 11) is 3.53. The van der Waals surface area contributed by atoms with Gasteiger partial charge in [0.2, 0.25) is 5.91 Å². The van der Waals surface area contributed by atoms with Crippen LogP contribution in [0.2, 0.25) is 0 Å². The second kappa shape index (κ2) is 10.0. The average Bonchev–Trinajstić information content (AvgIpc) is 2.66. The fourth-order valence-electron chi connectivity index (χ4n) is 3.26. The van der Waals surface area contributed by atoms with Crippen molar-refractivity contribution in [3.05, 3.63) is 18.2 Å². The molecule has 6 heteroatoms. The fourth-order valence-corrected chi connectivity index (χ4v) is 3.26. The maximum absolute atomic E-state index is 12.7. The van der Waals surface area contributed by atoms with Crippen LogP contribution in [0.4, 0.5) is 17.1 Å². The van der Waals surface area contributed by atoms with Crippen molar-refractivity contribution in [2.75, 3.05) is 37.5 Å². The van der Waals surface area contributed by atoms with Crippen molar-refractivity contribution >= 4 is 29.3 Å². The number of benzene rings is 1. The molecule has 0 spiro atoms. The molecule has 0 atom stereocenters. The summed E-state index contributed by atoms with van der Waals surface area (Å²) in [5.41, 5.74) is 7.97. The SMILES string of the molecule is COCCCNc1ccc(N(C)C(=O)C2CCCCC2)cc1N=CN. The van der Waals surface area contributed by atoms with Gasteiger partial charge in [0.1, 0.15) is 0 Å². The van der Waals surface area contributed by atoms with Crippen molar-refractivity contribution in [2.45, 2.75) is 38.5 Å². The summed E-state index contributed by atoms with van der Waals surface area (Å²) in [6.45, 7) is 1.50. The minimum atomic E-state index is 0.145. The molecule has 0 bridgehead atoms. The zero-order valence-electron chi connectivity index (χ0n) is 15.3. The van der Waals surface area contributed by atoms with Crippen LogP contribution in [0.5, 0.6) is 0 Å². The quantitative estimate of drug-likeness (QED) is 0.430. The zero-order chi connectivity index (χ0) is 18.1. The molecule has 1 aromatic carbocycles. The number of hydrogen-bond donors (Lipinski definition) is 2. The molecule has 1 aliphatic carbocycles. The number of nitrogens with zero attached hydrogens (tertiary/aromatic N) is 2. The Morgan fingerprint density at radius 2 is 2.16 bits per heavy atom. The van der Waals surface area contributed by atoms with Gasteiger partial charge in [-0.1, -0.05) is 19.3 Å². The first kappa shape index (κ1) is 19.2. The second-order valence-electron chi connectivity index (χ2n) is 6.48. The lowest BCUT2D eigenvalue weighted by Crippen LogP contribution is -2.33. The van der Waals surface area contributed by atoms with Crippen LogP contribution in [0, 0.1) is 5.92 Å². The van der Waals surface area contributed by atoms with Crippen molar-refractivity contribution < 1.29 is 9.53 Å². The lowest BCUT2D eigenvalue weighted by atomic mass is 9.88.